The minimum absolute atomic E-state index is 0.00267. The second-order valence-corrected chi connectivity index (χ2v) is 16.1. The predicted octanol–water partition coefficient (Wildman–Crippen LogP) is 2.69. The minimum Gasteiger partial charge on any atom is -0.778 e. The second kappa shape index (κ2) is 13.8. The SMILES string of the molecule is O=c1n([C@@H]2O[C@H](COP(=O)([O-])OP(=O)([O-])OP(=O)([O-])Cc3cccc4ccccc34)[C@H](O)C2O)ccc2nc(-c3cccc(C(F)(F)F)c3)cn12. The molecule has 1 aliphatic rings. The van der Waals surface area contributed by atoms with Gasteiger partial charge in [0.2, 0.25) is 0 Å². The van der Waals surface area contributed by atoms with E-state index in [0.29, 0.717) is 10.8 Å². The number of rotatable bonds is 11. The van der Waals surface area contributed by atoms with Gasteiger partial charge in [-0.15, -0.1) is 0 Å². The molecule has 0 amide bonds. The lowest BCUT2D eigenvalue weighted by molar-refractivity contribution is -0.246. The molecular formula is C29H24F3N3O13P3-3. The van der Waals surface area contributed by atoms with Crippen LogP contribution in [-0.2, 0) is 43.9 Å². The molecule has 4 unspecified atom stereocenters. The van der Waals surface area contributed by atoms with E-state index in [1.807, 2.05) is 0 Å². The minimum atomic E-state index is -6.13. The first-order valence-corrected chi connectivity index (χ1v) is 19.2. The molecule has 0 saturated carbocycles. The summed E-state index contributed by atoms with van der Waals surface area (Å²) in [5.41, 5.74) is -1.66. The molecule has 3 aromatic carbocycles. The van der Waals surface area contributed by atoms with Crippen LogP contribution in [0.25, 0.3) is 27.7 Å². The van der Waals surface area contributed by atoms with E-state index in [2.05, 4.69) is 18.1 Å². The highest BCUT2D eigenvalue weighted by molar-refractivity contribution is 7.66. The summed E-state index contributed by atoms with van der Waals surface area (Å²) in [6.07, 6.45) is -10.5. The van der Waals surface area contributed by atoms with Crippen LogP contribution in [0.5, 0.6) is 0 Å². The first-order valence-electron chi connectivity index (χ1n) is 14.6. The first kappa shape index (κ1) is 37.2. The van der Waals surface area contributed by atoms with Crippen molar-refractivity contribution in [2.24, 2.45) is 0 Å². The Morgan fingerprint density at radius 2 is 1.61 bits per heavy atom. The number of aromatic nitrogens is 3. The Morgan fingerprint density at radius 3 is 2.35 bits per heavy atom. The monoisotopic (exact) mass is 772 g/mol. The number of benzene rings is 3. The molecule has 1 saturated heterocycles. The fraction of sp³-hybridized carbons (Fsp3) is 0.241. The summed E-state index contributed by atoms with van der Waals surface area (Å²) >= 11 is 0. The summed E-state index contributed by atoms with van der Waals surface area (Å²) in [7, 11) is -17.4. The molecular weight excluding hydrogens is 748 g/mol. The predicted molar refractivity (Wildman–Crippen MR) is 164 cm³/mol. The van der Waals surface area contributed by atoms with Gasteiger partial charge in [-0.3, -0.25) is 22.4 Å². The average Bonchev–Trinajstić information content (AvgIpc) is 3.60. The molecule has 0 spiro atoms. The van der Waals surface area contributed by atoms with E-state index in [4.69, 9.17) is 4.74 Å². The third-order valence-electron chi connectivity index (χ3n) is 7.71. The number of phosphoric acid groups is 2. The topological polar surface area (TPSA) is 237 Å². The van der Waals surface area contributed by atoms with Crippen LogP contribution >= 0.6 is 23.2 Å². The molecule has 1 fully saturated rings. The van der Waals surface area contributed by atoms with Crippen molar-refractivity contribution in [2.75, 3.05) is 6.61 Å². The summed E-state index contributed by atoms with van der Waals surface area (Å²) in [4.78, 5) is 54.7. The molecule has 7 atom stereocenters. The van der Waals surface area contributed by atoms with Crippen molar-refractivity contribution in [1.82, 2.24) is 14.0 Å². The van der Waals surface area contributed by atoms with Crippen LogP contribution < -0.4 is 20.4 Å². The lowest BCUT2D eigenvalue weighted by Gasteiger charge is -2.35. The van der Waals surface area contributed by atoms with Gasteiger partial charge >= 0.3 is 11.9 Å². The number of ether oxygens (including phenoxy) is 1. The molecule has 2 aromatic heterocycles. The quantitative estimate of drug-likeness (QED) is 0.184. The molecule has 22 heteroatoms. The largest absolute Gasteiger partial charge is 0.778 e. The van der Waals surface area contributed by atoms with Gasteiger partial charge in [0.1, 0.15) is 31.6 Å². The number of halogens is 3. The number of aliphatic hydroxyl groups excluding tert-OH is 2. The van der Waals surface area contributed by atoms with Crippen LogP contribution in [-0.4, -0.2) is 49.1 Å². The smallest absolute Gasteiger partial charge is 0.416 e. The van der Waals surface area contributed by atoms with E-state index in [1.54, 1.807) is 30.3 Å². The second-order valence-electron chi connectivity index (χ2n) is 11.2. The van der Waals surface area contributed by atoms with Crippen molar-refractivity contribution >= 4 is 39.7 Å². The lowest BCUT2D eigenvalue weighted by atomic mass is 10.1. The van der Waals surface area contributed by atoms with Crippen molar-refractivity contribution < 1.29 is 69.6 Å². The highest BCUT2D eigenvalue weighted by Gasteiger charge is 2.45. The molecule has 272 valence electrons. The van der Waals surface area contributed by atoms with E-state index >= 15 is 0 Å². The molecule has 0 radical (unpaired) electrons. The number of phosphoric ester groups is 1. The Morgan fingerprint density at radius 1 is 0.902 bits per heavy atom. The van der Waals surface area contributed by atoms with Crippen LogP contribution in [0, 0.1) is 0 Å². The lowest BCUT2D eigenvalue weighted by Crippen LogP contribution is -2.37. The van der Waals surface area contributed by atoms with Gasteiger partial charge in [0, 0.05) is 24.1 Å². The van der Waals surface area contributed by atoms with E-state index in [0.717, 1.165) is 39.6 Å². The molecule has 0 bridgehead atoms. The van der Waals surface area contributed by atoms with E-state index in [9.17, 15) is 56.6 Å². The van der Waals surface area contributed by atoms with Crippen molar-refractivity contribution in [3.63, 3.8) is 0 Å². The Balaban J connectivity index is 1.11. The van der Waals surface area contributed by atoms with Gasteiger partial charge < -0.3 is 38.7 Å². The summed E-state index contributed by atoms with van der Waals surface area (Å²) in [6, 6.07) is 16.7. The summed E-state index contributed by atoms with van der Waals surface area (Å²) in [5.74, 6) is 0. The van der Waals surface area contributed by atoms with Crippen molar-refractivity contribution in [1.29, 1.82) is 0 Å². The van der Waals surface area contributed by atoms with E-state index in [1.165, 1.54) is 24.3 Å². The summed E-state index contributed by atoms with van der Waals surface area (Å²) in [5, 5.41) is 22.2. The zero-order valence-electron chi connectivity index (χ0n) is 25.5. The number of fused-ring (bicyclic) bond motifs is 2. The van der Waals surface area contributed by atoms with E-state index < -0.39 is 78.0 Å². The molecule has 51 heavy (non-hydrogen) atoms. The van der Waals surface area contributed by atoms with Crippen molar-refractivity contribution in [3.05, 3.63) is 107 Å². The van der Waals surface area contributed by atoms with E-state index in [-0.39, 0.29) is 22.5 Å². The molecule has 0 aliphatic carbocycles. The zero-order chi connectivity index (χ0) is 36.9. The third-order valence-corrected chi connectivity index (χ3v) is 12.3. The summed E-state index contributed by atoms with van der Waals surface area (Å²) in [6.45, 7) is -1.18. The van der Waals surface area contributed by atoms with Gasteiger partial charge in [-0.2, -0.15) is 13.2 Å². The van der Waals surface area contributed by atoms with Crippen LogP contribution in [0.1, 0.15) is 17.4 Å². The maximum atomic E-state index is 13.3. The normalized spacial score (nSPS) is 23.2. The van der Waals surface area contributed by atoms with Crippen LogP contribution in [0.4, 0.5) is 13.2 Å². The number of hydrogen-bond donors (Lipinski definition) is 2. The van der Waals surface area contributed by atoms with Gasteiger partial charge in [-0.1, -0.05) is 54.6 Å². The maximum Gasteiger partial charge on any atom is 0.416 e. The molecule has 5 aromatic rings. The molecule has 16 nitrogen and oxygen atoms in total. The molecule has 1 aliphatic heterocycles. The maximum absolute atomic E-state index is 13.3. The van der Waals surface area contributed by atoms with Crippen LogP contribution in [0.3, 0.4) is 0 Å². The van der Waals surface area contributed by atoms with Crippen LogP contribution in [0.15, 0.2) is 90.0 Å². The van der Waals surface area contributed by atoms with Gasteiger partial charge in [0.05, 0.1) is 17.9 Å². The standard InChI is InChI=1S/C29H27F3N3O13P3/c30-29(31,32)20-9-4-7-18(13-20)22-14-35-24(33-22)11-12-34(28(35)38)27-26(37)25(36)23(46-27)15-45-50(41,42)48-51(43,44)47-49(39,40)16-19-8-3-6-17-5-1-2-10-21(17)19/h1-14,23,25-27,36-37H,15-16H2,(H,39,40)(H,41,42)(H,43,44)/p-3/t23-,25+,26?,27-/m1/s1. The average molecular weight is 772 g/mol. The van der Waals surface area contributed by atoms with Gasteiger partial charge in [-0.05, 0) is 34.5 Å². The molecule has 2 N–H and O–H groups in total. The van der Waals surface area contributed by atoms with Gasteiger partial charge in [0.25, 0.3) is 15.6 Å². The fourth-order valence-corrected chi connectivity index (χ4v) is 9.46. The Labute approximate surface area is 284 Å². The van der Waals surface area contributed by atoms with Gasteiger partial charge in [0.15, 0.2) is 6.23 Å². The number of imidazole rings is 1. The van der Waals surface area contributed by atoms with Gasteiger partial charge in [-0.25, -0.2) is 14.1 Å². The zero-order valence-corrected chi connectivity index (χ0v) is 28.2. The van der Waals surface area contributed by atoms with Crippen molar-refractivity contribution in [2.45, 2.75) is 36.9 Å². The first-order chi connectivity index (χ1) is 23.8. The Kier molecular flexibility index (Phi) is 10.1. The molecule has 3 heterocycles. The Hall–Kier alpha value is -3.54. The highest BCUT2D eigenvalue weighted by atomic mass is 31.3. The number of hydrogen-bond acceptors (Lipinski definition) is 14. The Bertz CT molecular complexity index is 2310. The molecule has 6 rings (SSSR count). The van der Waals surface area contributed by atoms with Crippen molar-refractivity contribution in [3.8, 4) is 11.3 Å². The third kappa shape index (κ3) is 8.26. The summed E-state index contributed by atoms with van der Waals surface area (Å²) < 4.78 is 96.5. The number of aliphatic hydroxyl groups is 2. The fourth-order valence-electron chi connectivity index (χ4n) is 5.43. The number of nitrogens with zero attached hydrogens (tertiary/aromatic N) is 3. The number of alkyl halides is 3. The van der Waals surface area contributed by atoms with Crippen LogP contribution in [0.2, 0.25) is 0 Å². The highest BCUT2D eigenvalue weighted by Crippen LogP contribution is 2.63.